The number of nitrogens with one attached hydrogen (secondary N) is 1. The van der Waals surface area contributed by atoms with Crippen LogP contribution in [0.1, 0.15) is 6.42 Å². The summed E-state index contributed by atoms with van der Waals surface area (Å²) in [6.07, 6.45) is 2.10. The van der Waals surface area contributed by atoms with Crippen molar-refractivity contribution in [3.05, 3.63) is 22.7 Å². The van der Waals surface area contributed by atoms with Gasteiger partial charge in [-0.2, -0.15) is 0 Å². The second-order valence-electron chi connectivity index (χ2n) is 3.72. The van der Waals surface area contributed by atoms with Crippen LogP contribution in [0.2, 0.25) is 0 Å². The van der Waals surface area contributed by atoms with Crippen LogP contribution in [-0.4, -0.2) is 36.1 Å². The molecule has 1 aliphatic rings. The molecule has 1 aromatic rings. The van der Waals surface area contributed by atoms with Gasteiger partial charge in [0.15, 0.2) is 0 Å². The first-order valence-electron chi connectivity index (χ1n) is 5.08. The molecule has 2 heterocycles. The van der Waals surface area contributed by atoms with E-state index in [1.807, 2.05) is 4.90 Å². The molecule has 1 aromatic heterocycles. The Bertz CT molecular complexity index is 443. The molecule has 6 heteroatoms. The van der Waals surface area contributed by atoms with Crippen molar-refractivity contribution in [3.8, 4) is 0 Å². The number of methoxy groups -OCH3 is 1. The van der Waals surface area contributed by atoms with E-state index in [4.69, 9.17) is 0 Å². The van der Waals surface area contributed by atoms with Crippen LogP contribution in [0.25, 0.3) is 0 Å². The molecule has 0 amide bonds. The first-order chi connectivity index (χ1) is 7.70. The number of carbonyl (C=O) groups is 1. The fourth-order valence-corrected chi connectivity index (χ4v) is 1.86. The standard InChI is InChI=1S/C10H13N3O3/c1-16-10(15)7-2-3-13(5-7)8-4-9(14)12-6-11-8/h4,6-7H,2-3,5H2,1H3,(H,11,12,14). The number of hydrogen-bond acceptors (Lipinski definition) is 5. The van der Waals surface area contributed by atoms with Crippen LogP contribution in [0.4, 0.5) is 5.82 Å². The fraction of sp³-hybridized carbons (Fsp3) is 0.500. The third-order valence-corrected chi connectivity index (χ3v) is 2.71. The molecular weight excluding hydrogens is 210 g/mol. The van der Waals surface area contributed by atoms with E-state index in [0.29, 0.717) is 12.4 Å². The van der Waals surface area contributed by atoms with Crippen molar-refractivity contribution >= 4 is 11.8 Å². The van der Waals surface area contributed by atoms with Crippen molar-refractivity contribution in [3.63, 3.8) is 0 Å². The van der Waals surface area contributed by atoms with Crippen molar-refractivity contribution < 1.29 is 9.53 Å². The number of aromatic amines is 1. The number of carbonyl (C=O) groups excluding carboxylic acids is 1. The smallest absolute Gasteiger partial charge is 0.310 e. The van der Waals surface area contributed by atoms with E-state index in [1.54, 1.807) is 0 Å². The number of nitrogens with zero attached hydrogens (tertiary/aromatic N) is 2. The second kappa shape index (κ2) is 4.34. The Labute approximate surface area is 92.3 Å². The van der Waals surface area contributed by atoms with Gasteiger partial charge in [0.2, 0.25) is 0 Å². The molecule has 86 valence electrons. The molecular formula is C10H13N3O3. The zero-order valence-electron chi connectivity index (χ0n) is 8.97. The molecule has 1 unspecified atom stereocenters. The molecule has 0 saturated carbocycles. The Balaban J connectivity index is 2.09. The molecule has 1 N–H and O–H groups in total. The van der Waals surface area contributed by atoms with E-state index < -0.39 is 0 Å². The summed E-state index contributed by atoms with van der Waals surface area (Å²) in [4.78, 5) is 30.9. The lowest BCUT2D eigenvalue weighted by molar-refractivity contribution is -0.144. The predicted molar refractivity (Wildman–Crippen MR) is 57.2 cm³/mol. The van der Waals surface area contributed by atoms with E-state index in [9.17, 15) is 9.59 Å². The lowest BCUT2D eigenvalue weighted by atomic mass is 10.1. The minimum absolute atomic E-state index is 0.119. The molecule has 1 fully saturated rings. The van der Waals surface area contributed by atoms with Crippen LogP contribution < -0.4 is 10.5 Å². The number of H-pyrrole nitrogens is 1. The predicted octanol–water partition coefficient (Wildman–Crippen LogP) is -0.231. The van der Waals surface area contributed by atoms with Gasteiger partial charge in [-0.05, 0) is 6.42 Å². The van der Waals surface area contributed by atoms with Crippen molar-refractivity contribution in [2.75, 3.05) is 25.1 Å². The fourth-order valence-electron chi connectivity index (χ4n) is 1.86. The van der Waals surface area contributed by atoms with Gasteiger partial charge in [0.25, 0.3) is 5.56 Å². The van der Waals surface area contributed by atoms with Gasteiger partial charge in [-0.15, -0.1) is 0 Å². The highest BCUT2D eigenvalue weighted by Gasteiger charge is 2.29. The quantitative estimate of drug-likeness (QED) is 0.701. The van der Waals surface area contributed by atoms with Crippen molar-refractivity contribution in [2.24, 2.45) is 5.92 Å². The average molecular weight is 223 g/mol. The molecule has 0 bridgehead atoms. The number of esters is 1. The third kappa shape index (κ3) is 2.05. The number of rotatable bonds is 2. The molecule has 1 aliphatic heterocycles. The van der Waals surface area contributed by atoms with Gasteiger partial charge in [0, 0.05) is 19.2 Å². The first-order valence-corrected chi connectivity index (χ1v) is 5.08. The van der Waals surface area contributed by atoms with Crippen LogP contribution in [0.15, 0.2) is 17.2 Å². The summed E-state index contributed by atoms with van der Waals surface area (Å²) >= 11 is 0. The van der Waals surface area contributed by atoms with Gasteiger partial charge in [-0.1, -0.05) is 0 Å². The zero-order valence-corrected chi connectivity index (χ0v) is 8.97. The molecule has 0 radical (unpaired) electrons. The second-order valence-corrected chi connectivity index (χ2v) is 3.72. The summed E-state index contributed by atoms with van der Waals surface area (Å²) in [5.74, 6) is 0.286. The first kappa shape index (κ1) is 10.7. The summed E-state index contributed by atoms with van der Waals surface area (Å²) in [7, 11) is 1.39. The summed E-state index contributed by atoms with van der Waals surface area (Å²) in [5, 5.41) is 0. The van der Waals surface area contributed by atoms with Crippen LogP contribution in [0, 0.1) is 5.92 Å². The molecule has 16 heavy (non-hydrogen) atoms. The van der Waals surface area contributed by atoms with Crippen molar-refractivity contribution in [2.45, 2.75) is 6.42 Å². The molecule has 0 aliphatic carbocycles. The summed E-state index contributed by atoms with van der Waals surface area (Å²) in [5.41, 5.74) is -0.188. The van der Waals surface area contributed by atoms with Gasteiger partial charge >= 0.3 is 5.97 Å². The van der Waals surface area contributed by atoms with E-state index in [-0.39, 0.29) is 17.4 Å². The molecule has 1 atom stereocenters. The topological polar surface area (TPSA) is 75.3 Å². The highest BCUT2D eigenvalue weighted by Crippen LogP contribution is 2.21. The monoisotopic (exact) mass is 223 g/mol. The number of hydrogen-bond donors (Lipinski definition) is 1. The maximum Gasteiger partial charge on any atom is 0.310 e. The Morgan fingerprint density at radius 3 is 3.19 bits per heavy atom. The van der Waals surface area contributed by atoms with E-state index >= 15 is 0 Å². The van der Waals surface area contributed by atoms with Crippen LogP contribution in [0.5, 0.6) is 0 Å². The Hall–Kier alpha value is -1.85. The normalized spacial score (nSPS) is 19.8. The van der Waals surface area contributed by atoms with Gasteiger partial charge in [-0.3, -0.25) is 9.59 Å². The lowest BCUT2D eigenvalue weighted by Gasteiger charge is -2.15. The Kier molecular flexibility index (Phi) is 2.89. The Morgan fingerprint density at radius 2 is 2.50 bits per heavy atom. The molecule has 2 rings (SSSR count). The summed E-state index contributed by atoms with van der Waals surface area (Å²) in [6, 6.07) is 1.43. The zero-order chi connectivity index (χ0) is 11.5. The highest BCUT2D eigenvalue weighted by atomic mass is 16.5. The average Bonchev–Trinajstić information content (AvgIpc) is 2.77. The van der Waals surface area contributed by atoms with Gasteiger partial charge in [-0.25, -0.2) is 4.98 Å². The maximum atomic E-state index is 11.3. The highest BCUT2D eigenvalue weighted by molar-refractivity contribution is 5.73. The third-order valence-electron chi connectivity index (χ3n) is 2.71. The summed E-state index contributed by atoms with van der Waals surface area (Å²) in [6.45, 7) is 1.28. The van der Waals surface area contributed by atoms with Crippen LogP contribution >= 0.6 is 0 Å². The largest absolute Gasteiger partial charge is 0.469 e. The van der Waals surface area contributed by atoms with Crippen LogP contribution in [0.3, 0.4) is 0 Å². The number of anilines is 1. The molecule has 0 aromatic carbocycles. The minimum atomic E-state index is -0.202. The minimum Gasteiger partial charge on any atom is -0.469 e. The lowest BCUT2D eigenvalue weighted by Crippen LogP contribution is -2.25. The maximum absolute atomic E-state index is 11.3. The molecule has 6 nitrogen and oxygen atoms in total. The summed E-state index contributed by atoms with van der Waals surface area (Å²) < 4.78 is 4.69. The van der Waals surface area contributed by atoms with Gasteiger partial charge in [0.1, 0.15) is 5.82 Å². The van der Waals surface area contributed by atoms with Crippen LogP contribution in [-0.2, 0) is 9.53 Å². The van der Waals surface area contributed by atoms with Crippen molar-refractivity contribution in [1.82, 2.24) is 9.97 Å². The number of aromatic nitrogens is 2. The van der Waals surface area contributed by atoms with E-state index in [1.165, 1.54) is 19.5 Å². The van der Waals surface area contributed by atoms with E-state index in [0.717, 1.165) is 13.0 Å². The number of ether oxygens (including phenoxy) is 1. The van der Waals surface area contributed by atoms with Gasteiger partial charge in [0.05, 0.1) is 19.4 Å². The molecule has 0 spiro atoms. The Morgan fingerprint density at radius 1 is 1.69 bits per heavy atom. The molecule has 1 saturated heterocycles. The van der Waals surface area contributed by atoms with Crippen molar-refractivity contribution in [1.29, 1.82) is 0 Å². The van der Waals surface area contributed by atoms with Gasteiger partial charge < -0.3 is 14.6 Å². The van der Waals surface area contributed by atoms with E-state index in [2.05, 4.69) is 14.7 Å². The SMILES string of the molecule is COC(=O)C1CCN(c2cc(=O)[nH]cn2)C1.